The van der Waals surface area contributed by atoms with Crippen LogP contribution in [0.4, 0.5) is 0 Å². The van der Waals surface area contributed by atoms with E-state index in [0.717, 1.165) is 133 Å². The molecule has 0 fully saturated rings. The molecule has 1 atom stereocenters. The van der Waals surface area contributed by atoms with Crippen LogP contribution in [0.5, 0.6) is 0 Å². The number of hydrogen-bond acceptors (Lipinski definition) is 9. The summed E-state index contributed by atoms with van der Waals surface area (Å²) in [5.74, 6) is 2.31. The topological polar surface area (TPSA) is 117 Å². The van der Waals surface area contributed by atoms with Gasteiger partial charge in [0.15, 0.2) is 17.5 Å². The highest BCUT2D eigenvalue weighted by Crippen LogP contribution is 2.64. The van der Waals surface area contributed by atoms with Gasteiger partial charge in [0.2, 0.25) is 0 Å². The van der Waals surface area contributed by atoms with Crippen molar-refractivity contribution in [3.8, 4) is 124 Å². The lowest BCUT2D eigenvalue weighted by atomic mass is 9.70. The van der Waals surface area contributed by atoms with Gasteiger partial charge in [-0.05, 0) is 222 Å². The van der Waals surface area contributed by atoms with Gasteiger partial charge in [-0.15, -0.1) is 0 Å². The lowest BCUT2D eigenvalue weighted by molar-refractivity contribution is 0.656. The summed E-state index contributed by atoms with van der Waals surface area (Å²) in [5.41, 5.74) is 40.2. The van der Waals surface area contributed by atoms with E-state index in [1.54, 1.807) is 0 Å². The molecule has 1 unspecified atom stereocenters. The number of hydrogen-bond donors (Lipinski definition) is 0. The summed E-state index contributed by atoms with van der Waals surface area (Å²) in [6.07, 6.45) is 3.83. The van der Waals surface area contributed by atoms with Gasteiger partial charge in [-0.25, -0.2) is 19.9 Å². The average molecular weight is 1630 g/mol. The van der Waals surface area contributed by atoms with Crippen LogP contribution < -0.4 is 0 Å². The molecule has 4 aliphatic rings. The van der Waals surface area contributed by atoms with E-state index in [9.17, 15) is 0 Å². The molecule has 15 aromatic carbocycles. The maximum Gasteiger partial charge on any atom is 0.182 e. The maximum atomic E-state index is 6.58. The fourth-order valence-electron chi connectivity index (χ4n) is 20.9. The number of nitrogens with zero attached hydrogens (tertiary/aromatic N) is 6. The third-order valence-electron chi connectivity index (χ3n) is 27.3. The van der Waals surface area contributed by atoms with E-state index in [4.69, 9.17) is 38.2 Å². The normalized spacial score (nSPS) is 14.3. The molecule has 0 radical (unpaired) electrons. The minimum absolute atomic E-state index is 0.224. The quantitative estimate of drug-likeness (QED) is 0.139. The van der Waals surface area contributed by atoms with E-state index in [0.29, 0.717) is 23.4 Å². The van der Waals surface area contributed by atoms with Crippen molar-refractivity contribution in [1.82, 2.24) is 29.9 Å². The van der Waals surface area contributed by atoms with E-state index >= 15 is 0 Å². The number of para-hydroxylation sites is 1. The molecule has 127 heavy (non-hydrogen) atoms. The van der Waals surface area contributed by atoms with Gasteiger partial charge in [0.05, 0.1) is 22.5 Å². The highest BCUT2D eigenvalue weighted by molar-refractivity contribution is 6.16. The van der Waals surface area contributed by atoms with Crippen LogP contribution in [0.2, 0.25) is 0 Å². The summed E-state index contributed by atoms with van der Waals surface area (Å²) in [6.45, 7) is 13.4. The zero-order chi connectivity index (χ0) is 85.0. The number of aryl methyl sites for hydroxylation is 1. The van der Waals surface area contributed by atoms with Gasteiger partial charge in [-0.3, -0.25) is 9.97 Å². The lowest BCUT2D eigenvalue weighted by Gasteiger charge is -2.30. The van der Waals surface area contributed by atoms with Crippen LogP contribution in [0.1, 0.15) is 102 Å². The molecule has 0 N–H and O–H groups in total. The highest BCUT2D eigenvalue weighted by Gasteiger charge is 2.52. The standard InChI is InChI=1S/C45H31NO.C38H27NO.C35H24N4O/c1-27(2)28-18-20-29(21-19-28)41-16-9-17-42(46-41)30-22-23-43-35(24-30)36-25-40-34(26-44(36)47-43)33-12-5-8-15-39(33)45(40)37-13-6-3-10-31(37)32-11-4-7-14-38(32)45;1-24-9-8-20-39-37(24)26-16-14-25(15-17-26)27-18-19-30-32-22-34-31(23-36(32)40-35(30)21-27)29-12-6-7-13-33(29)38(34,2)28-10-4-3-5-11-28;1-35(2)25-17-18-29-31(23-15-9-10-16-28(23)40-29)30(25)24-20-36-27(19-26(24)35)34-38-32(21-11-5-3-6-12-21)37-33(39-34)22-13-7-4-8-14-22/h3-27H,1-2H3;3-23H,1-2H3;3-20H,1-2H3. The number of fused-ring (bicyclic) bond motifs is 26. The number of pyridine rings is 3. The van der Waals surface area contributed by atoms with Gasteiger partial charge in [0.25, 0.3) is 0 Å². The summed E-state index contributed by atoms with van der Waals surface area (Å²) in [4.78, 5) is 29.3. The summed E-state index contributed by atoms with van der Waals surface area (Å²) < 4.78 is 19.3. The molecule has 0 aliphatic heterocycles. The molecule has 9 heteroatoms. The maximum absolute atomic E-state index is 6.58. The molecule has 602 valence electrons. The van der Waals surface area contributed by atoms with Gasteiger partial charge in [-0.1, -0.05) is 307 Å². The Morgan fingerprint density at radius 3 is 1.45 bits per heavy atom. The zero-order valence-corrected chi connectivity index (χ0v) is 70.9. The van der Waals surface area contributed by atoms with Crippen LogP contribution in [0, 0.1) is 6.92 Å². The first-order valence-corrected chi connectivity index (χ1v) is 43.7. The summed E-state index contributed by atoms with van der Waals surface area (Å²) in [6, 6.07) is 131. The van der Waals surface area contributed by atoms with Crippen LogP contribution in [0.3, 0.4) is 0 Å². The minimum Gasteiger partial charge on any atom is -0.456 e. The predicted octanol–water partition coefficient (Wildman–Crippen LogP) is 30.2. The Balaban J connectivity index is 0.000000107. The van der Waals surface area contributed by atoms with Gasteiger partial charge >= 0.3 is 0 Å². The minimum atomic E-state index is -0.379. The Morgan fingerprint density at radius 2 is 0.780 bits per heavy atom. The van der Waals surface area contributed by atoms with Crippen LogP contribution >= 0.6 is 0 Å². The predicted molar refractivity (Wildman–Crippen MR) is 516 cm³/mol. The summed E-state index contributed by atoms with van der Waals surface area (Å²) >= 11 is 0. The zero-order valence-electron chi connectivity index (χ0n) is 70.9. The van der Waals surface area contributed by atoms with Crippen molar-refractivity contribution >= 4 is 65.8 Å². The highest BCUT2D eigenvalue weighted by atomic mass is 16.3. The third kappa shape index (κ3) is 11.8. The van der Waals surface area contributed by atoms with E-state index < -0.39 is 0 Å². The number of furan rings is 3. The van der Waals surface area contributed by atoms with Crippen molar-refractivity contribution in [2.75, 3.05) is 0 Å². The largest absolute Gasteiger partial charge is 0.456 e. The van der Waals surface area contributed by atoms with Crippen LogP contribution in [0.25, 0.3) is 190 Å². The van der Waals surface area contributed by atoms with Crippen molar-refractivity contribution in [2.24, 2.45) is 0 Å². The molecule has 0 saturated carbocycles. The lowest BCUT2D eigenvalue weighted by Crippen LogP contribution is -2.25. The second-order valence-electron chi connectivity index (χ2n) is 35.0. The Labute approximate surface area is 735 Å². The van der Waals surface area contributed by atoms with Crippen molar-refractivity contribution in [3.05, 3.63) is 444 Å². The second kappa shape index (κ2) is 29.2. The molecule has 4 aliphatic carbocycles. The SMILES string of the molecule is CC(C)c1ccc(-c2cccc(-c3ccc4oc5cc6c(cc5c4c3)C3(c4ccccc4-c4ccccc43)c3ccccc3-6)n2)cc1.CC1(C)c2cc(-c3nc(-c4ccccc4)nc(-c4ccccc4)n3)ncc2-c2c1ccc1oc3ccccc3c21.Cc1cccnc1-c1ccc(-c2ccc3c(c2)oc2cc4c(cc23)C(C)(c2ccccc2)c2ccccc2-4)cc1. The van der Waals surface area contributed by atoms with E-state index in [1.807, 2.05) is 91.3 Å². The Morgan fingerprint density at radius 1 is 0.276 bits per heavy atom. The number of rotatable bonds is 9. The van der Waals surface area contributed by atoms with E-state index in [2.05, 4.69) is 338 Å². The van der Waals surface area contributed by atoms with Crippen LogP contribution in [-0.2, 0) is 16.2 Å². The Kier molecular flexibility index (Phi) is 17.2. The van der Waals surface area contributed by atoms with Crippen molar-refractivity contribution in [1.29, 1.82) is 0 Å². The molecule has 1 spiro atoms. The van der Waals surface area contributed by atoms with E-state index in [-0.39, 0.29) is 16.2 Å². The molecule has 7 aromatic heterocycles. The monoisotopic (exact) mass is 1630 g/mol. The Bertz CT molecular complexity index is 8120. The van der Waals surface area contributed by atoms with Gasteiger partial charge in [0.1, 0.15) is 39.2 Å². The molecule has 0 saturated heterocycles. The van der Waals surface area contributed by atoms with Crippen LogP contribution in [0.15, 0.2) is 396 Å². The first kappa shape index (κ1) is 74.9. The first-order chi connectivity index (χ1) is 62.3. The van der Waals surface area contributed by atoms with E-state index in [1.165, 1.54) is 100 Å². The summed E-state index contributed by atoms with van der Waals surface area (Å²) in [7, 11) is 0. The molecule has 7 heterocycles. The molecule has 22 aromatic rings. The number of aromatic nitrogens is 6. The number of benzene rings is 15. The fourth-order valence-corrected chi connectivity index (χ4v) is 20.9. The molecule has 9 nitrogen and oxygen atoms in total. The third-order valence-corrected chi connectivity index (χ3v) is 27.3. The molecular weight excluding hydrogens is 1550 g/mol. The first-order valence-electron chi connectivity index (χ1n) is 43.7. The summed E-state index contributed by atoms with van der Waals surface area (Å²) in [5, 5.41) is 6.83. The average Bonchev–Trinajstić information content (AvgIpc) is 1.50. The smallest absolute Gasteiger partial charge is 0.182 e. The van der Waals surface area contributed by atoms with Crippen molar-refractivity contribution in [2.45, 2.75) is 63.7 Å². The van der Waals surface area contributed by atoms with Gasteiger partial charge < -0.3 is 13.3 Å². The molecular formula is C118H82N6O3. The Hall–Kier alpha value is -15.8. The van der Waals surface area contributed by atoms with Gasteiger partial charge in [0, 0.05) is 88.9 Å². The molecule has 26 rings (SSSR count). The van der Waals surface area contributed by atoms with Crippen molar-refractivity contribution < 1.29 is 13.3 Å². The van der Waals surface area contributed by atoms with Gasteiger partial charge in [-0.2, -0.15) is 0 Å². The van der Waals surface area contributed by atoms with Crippen LogP contribution in [-0.4, -0.2) is 29.9 Å². The van der Waals surface area contributed by atoms with Crippen molar-refractivity contribution in [3.63, 3.8) is 0 Å². The molecule has 0 amide bonds. The molecule has 0 bridgehead atoms. The fraction of sp³-hybridized carbons (Fsp3) is 0.0847. The second-order valence-corrected chi connectivity index (χ2v) is 35.0.